The first-order chi connectivity index (χ1) is 15.9. The van der Waals surface area contributed by atoms with Crippen LogP contribution in [0.5, 0.6) is 0 Å². The fourth-order valence-corrected chi connectivity index (χ4v) is 4.92. The van der Waals surface area contributed by atoms with E-state index in [9.17, 15) is 14.4 Å². The van der Waals surface area contributed by atoms with E-state index in [-0.39, 0.29) is 12.1 Å². The fraction of sp³-hybridized carbons (Fsp3) is 0.680. The quantitative estimate of drug-likeness (QED) is 0.573. The summed E-state index contributed by atoms with van der Waals surface area (Å²) in [5.74, 6) is -0.0770. The molecule has 4 N–H and O–H groups in total. The lowest BCUT2D eigenvalue weighted by atomic mass is 9.77. The molecule has 2 unspecified atom stereocenters. The fourth-order valence-electron chi connectivity index (χ4n) is 4.92. The Bertz CT molecular complexity index is 905. The van der Waals surface area contributed by atoms with Gasteiger partial charge in [-0.1, -0.05) is 6.92 Å². The van der Waals surface area contributed by atoms with Crippen molar-refractivity contribution in [2.45, 2.75) is 90.8 Å². The average molecular weight is 474 g/mol. The van der Waals surface area contributed by atoms with Gasteiger partial charge in [0.05, 0.1) is 11.9 Å². The van der Waals surface area contributed by atoms with E-state index in [1.165, 1.54) is 6.20 Å². The minimum atomic E-state index is -0.666. The number of aromatic nitrogens is 1. The molecule has 3 rings (SSSR count). The first-order valence-corrected chi connectivity index (χ1v) is 12.3. The molecular weight excluding hydrogens is 434 g/mol. The van der Waals surface area contributed by atoms with Crippen LogP contribution in [0.2, 0.25) is 0 Å². The number of likely N-dealkylation sites (tertiary alicyclic amines) is 1. The Morgan fingerprint density at radius 2 is 1.76 bits per heavy atom. The van der Waals surface area contributed by atoms with Crippen molar-refractivity contribution in [3.63, 3.8) is 0 Å². The monoisotopic (exact) mass is 473 g/mol. The summed E-state index contributed by atoms with van der Waals surface area (Å²) in [6, 6.07) is 2.00. The molecule has 0 aromatic carbocycles. The summed E-state index contributed by atoms with van der Waals surface area (Å²) < 4.78 is 5.25. The lowest BCUT2D eigenvalue weighted by molar-refractivity contribution is -0.147. The second-order valence-corrected chi connectivity index (χ2v) is 10.9. The van der Waals surface area contributed by atoms with Crippen molar-refractivity contribution in [1.82, 2.24) is 9.88 Å². The minimum absolute atomic E-state index is 0.0854. The molecule has 1 aromatic heterocycles. The third-order valence-corrected chi connectivity index (χ3v) is 6.64. The first-order valence-electron chi connectivity index (χ1n) is 12.3. The molecule has 1 aliphatic heterocycles. The van der Waals surface area contributed by atoms with Gasteiger partial charge in [0.1, 0.15) is 11.4 Å². The number of amides is 3. The molecule has 9 nitrogen and oxygen atoms in total. The van der Waals surface area contributed by atoms with Gasteiger partial charge in [-0.2, -0.15) is 0 Å². The first kappa shape index (κ1) is 25.9. The molecule has 1 aliphatic carbocycles. The summed E-state index contributed by atoms with van der Waals surface area (Å²) >= 11 is 0. The smallest absolute Gasteiger partial charge is 0.413 e. The van der Waals surface area contributed by atoms with Crippen molar-refractivity contribution in [1.29, 1.82) is 0 Å². The highest BCUT2D eigenvalue weighted by Gasteiger charge is 2.38. The number of hydrogen-bond acceptors (Lipinski definition) is 6. The number of nitrogens with zero attached hydrogens (tertiary/aromatic N) is 2. The number of piperidine rings is 1. The predicted octanol–water partition coefficient (Wildman–Crippen LogP) is 3.82. The molecule has 9 heteroatoms. The molecule has 3 amide bonds. The topological polar surface area (TPSA) is 127 Å². The summed E-state index contributed by atoms with van der Waals surface area (Å²) in [5, 5.41) is 5.29. The van der Waals surface area contributed by atoms with Crippen LogP contribution >= 0.6 is 0 Å². The average Bonchev–Trinajstić information content (AvgIpc) is 2.74. The van der Waals surface area contributed by atoms with Gasteiger partial charge in [-0.15, -0.1) is 0 Å². The van der Waals surface area contributed by atoms with E-state index >= 15 is 0 Å². The van der Waals surface area contributed by atoms with Crippen LogP contribution in [0.3, 0.4) is 0 Å². The minimum Gasteiger partial charge on any atom is -0.444 e. The maximum Gasteiger partial charge on any atom is 0.413 e. The van der Waals surface area contributed by atoms with Crippen LogP contribution in [0, 0.1) is 18.8 Å². The van der Waals surface area contributed by atoms with E-state index in [0.717, 1.165) is 38.5 Å². The van der Waals surface area contributed by atoms with Crippen LogP contribution in [-0.4, -0.2) is 52.0 Å². The summed E-state index contributed by atoms with van der Waals surface area (Å²) in [6.07, 6.45) is 6.74. The lowest BCUT2D eigenvalue weighted by Crippen LogP contribution is -2.53. The van der Waals surface area contributed by atoms with Crippen LogP contribution in [0.15, 0.2) is 12.3 Å². The number of nitrogens with two attached hydrogens (primary N) is 1. The van der Waals surface area contributed by atoms with Crippen LogP contribution < -0.4 is 16.4 Å². The van der Waals surface area contributed by atoms with Gasteiger partial charge < -0.3 is 20.7 Å². The maximum atomic E-state index is 13.2. The van der Waals surface area contributed by atoms with Crippen molar-refractivity contribution in [2.75, 3.05) is 17.2 Å². The standard InChI is InChI=1S/C25H39N5O4/c1-15-6-11-20(17-7-9-18(26)10-8-17)30(14-15)23(32)22(31)28-19-12-16(2)21(27-13-19)29-24(33)34-25(3,4)5/h12-13,15,17-18,20H,6-11,14,26H2,1-5H3,(H,28,31)(H,27,29,33). The number of ether oxygens (including phenoxy) is 1. The zero-order chi connectivity index (χ0) is 25.0. The van der Waals surface area contributed by atoms with Crippen LogP contribution in [0.1, 0.15) is 71.8 Å². The summed E-state index contributed by atoms with van der Waals surface area (Å²) in [5.41, 5.74) is 6.48. The lowest BCUT2D eigenvalue weighted by Gasteiger charge is -2.44. The van der Waals surface area contributed by atoms with E-state index in [1.54, 1.807) is 38.7 Å². The normalized spacial score (nSPS) is 25.4. The Kier molecular flexibility index (Phi) is 8.17. The SMILES string of the molecule is Cc1cc(NC(=O)C(=O)N2CC(C)CCC2C2CCC(N)CC2)cnc1NC(=O)OC(C)(C)C. The maximum absolute atomic E-state index is 13.2. The van der Waals surface area contributed by atoms with E-state index < -0.39 is 23.5 Å². The van der Waals surface area contributed by atoms with Gasteiger partial charge in [0.25, 0.3) is 0 Å². The van der Waals surface area contributed by atoms with E-state index in [4.69, 9.17) is 10.5 Å². The van der Waals surface area contributed by atoms with Crippen molar-refractivity contribution in [3.8, 4) is 0 Å². The summed E-state index contributed by atoms with van der Waals surface area (Å²) in [4.78, 5) is 44.1. The Balaban J connectivity index is 1.64. The van der Waals surface area contributed by atoms with Gasteiger partial charge in [0.2, 0.25) is 0 Å². The highest BCUT2D eigenvalue weighted by atomic mass is 16.6. The molecule has 1 aromatic rings. The molecule has 2 aliphatic rings. The van der Waals surface area contributed by atoms with Crippen molar-refractivity contribution >= 4 is 29.4 Å². The number of hydrogen-bond donors (Lipinski definition) is 3. The Morgan fingerprint density at radius 1 is 1.09 bits per heavy atom. The summed E-state index contributed by atoms with van der Waals surface area (Å²) in [6.45, 7) is 9.80. The van der Waals surface area contributed by atoms with Gasteiger partial charge in [-0.05, 0) is 89.7 Å². The van der Waals surface area contributed by atoms with Gasteiger partial charge in [0.15, 0.2) is 0 Å². The second kappa shape index (κ2) is 10.7. The molecule has 0 radical (unpaired) electrons. The van der Waals surface area contributed by atoms with Crippen LogP contribution in [-0.2, 0) is 14.3 Å². The van der Waals surface area contributed by atoms with Crippen LogP contribution in [0.4, 0.5) is 16.3 Å². The zero-order valence-corrected chi connectivity index (χ0v) is 21.0. The van der Waals surface area contributed by atoms with Gasteiger partial charge >= 0.3 is 17.9 Å². The third kappa shape index (κ3) is 6.91. The molecule has 0 spiro atoms. The molecule has 188 valence electrons. The number of aryl methyl sites for hydroxylation is 1. The van der Waals surface area contributed by atoms with Gasteiger partial charge in [-0.25, -0.2) is 9.78 Å². The van der Waals surface area contributed by atoms with Crippen molar-refractivity contribution < 1.29 is 19.1 Å². The number of pyridine rings is 1. The van der Waals surface area contributed by atoms with Gasteiger partial charge in [0, 0.05) is 18.6 Å². The van der Waals surface area contributed by atoms with E-state index in [1.807, 2.05) is 0 Å². The third-order valence-electron chi connectivity index (χ3n) is 6.64. The van der Waals surface area contributed by atoms with Crippen molar-refractivity contribution in [2.24, 2.45) is 17.6 Å². The molecule has 1 saturated carbocycles. The number of carbonyl (C=O) groups is 3. The zero-order valence-electron chi connectivity index (χ0n) is 21.0. The highest BCUT2D eigenvalue weighted by Crippen LogP contribution is 2.35. The Hall–Kier alpha value is -2.68. The molecule has 0 bridgehead atoms. The number of anilines is 2. The number of rotatable bonds is 3. The largest absolute Gasteiger partial charge is 0.444 e. The molecule has 2 heterocycles. The van der Waals surface area contributed by atoms with E-state index in [0.29, 0.717) is 35.4 Å². The molecule has 2 atom stereocenters. The molecule has 34 heavy (non-hydrogen) atoms. The highest BCUT2D eigenvalue weighted by molar-refractivity contribution is 6.39. The van der Waals surface area contributed by atoms with Crippen LogP contribution in [0.25, 0.3) is 0 Å². The second-order valence-electron chi connectivity index (χ2n) is 10.9. The predicted molar refractivity (Wildman–Crippen MR) is 131 cm³/mol. The van der Waals surface area contributed by atoms with E-state index in [2.05, 4.69) is 22.5 Å². The molecule has 1 saturated heterocycles. The number of carbonyl (C=O) groups excluding carboxylic acids is 3. The molecule has 2 fully saturated rings. The Labute approximate surface area is 202 Å². The Morgan fingerprint density at radius 3 is 2.38 bits per heavy atom. The van der Waals surface area contributed by atoms with Gasteiger partial charge in [-0.3, -0.25) is 14.9 Å². The summed E-state index contributed by atoms with van der Waals surface area (Å²) in [7, 11) is 0. The molecular formula is C25H39N5O4. The van der Waals surface area contributed by atoms with Crippen molar-refractivity contribution in [3.05, 3.63) is 17.8 Å². The number of nitrogens with one attached hydrogen (secondary N) is 2.